The van der Waals surface area contributed by atoms with Gasteiger partial charge in [-0.3, -0.25) is 4.79 Å². The van der Waals surface area contributed by atoms with Crippen LogP contribution in [0.4, 0.5) is 4.39 Å². The Morgan fingerprint density at radius 3 is 2.90 bits per heavy atom. The molecule has 11 heteroatoms. The third-order valence-electron chi connectivity index (χ3n) is 4.68. The molecule has 2 aliphatic rings. The van der Waals surface area contributed by atoms with Gasteiger partial charge < -0.3 is 25.0 Å². The minimum absolute atomic E-state index is 0.301. The summed E-state index contributed by atoms with van der Waals surface area (Å²) < 4.78 is 20.1. The Hall–Kier alpha value is -2.46. The number of aliphatic hydroxyl groups excluding tert-OH is 3. The number of hydrogen-bond donors (Lipinski definition) is 3. The normalized spacial score (nSPS) is 29.4. The molecule has 29 heavy (non-hydrogen) atoms. The van der Waals surface area contributed by atoms with Gasteiger partial charge in [0.1, 0.15) is 41.7 Å². The first-order chi connectivity index (χ1) is 13.9. The fourth-order valence-electron chi connectivity index (χ4n) is 3.16. The van der Waals surface area contributed by atoms with Crippen molar-refractivity contribution in [1.82, 2.24) is 19.9 Å². The Bertz CT molecular complexity index is 883. The van der Waals surface area contributed by atoms with Crippen LogP contribution < -0.4 is 0 Å². The molecule has 9 nitrogen and oxygen atoms in total. The number of ether oxygens (including phenoxy) is 1. The molecule has 1 fully saturated rings. The molecular formula is C18H19ClFN4O5+. The van der Waals surface area contributed by atoms with Crippen LogP contribution in [0.2, 0.25) is 0 Å². The zero-order valence-electron chi connectivity index (χ0n) is 15.3. The summed E-state index contributed by atoms with van der Waals surface area (Å²) in [6.07, 6.45) is 4.00. The molecule has 1 aliphatic heterocycles. The summed E-state index contributed by atoms with van der Waals surface area (Å²) in [5.41, 5.74) is 1.75. The standard InChI is InChI=1S/C18H19ClFN4O5/c1-23(14(26)5-6-19)18-17(28)15(16(27)13(9-25)29-18)24-8-12(21-22-24)10-3-2-4-11(20)7-10/h2-3,5-8,13,15-18,25,27-28H,9H2,1H3/q+1/b6-5+/t13?,15-,16-,17?,18+/m0/s1. The summed E-state index contributed by atoms with van der Waals surface area (Å²) in [5.74, 6) is -1.12. The van der Waals surface area contributed by atoms with E-state index in [0.29, 0.717) is 11.3 Å². The SMILES string of the molecule is CN(C(=O)/C=C/Cl)[C@@H]1OC(CO)[C@H](O)[C@H](n2cc(C3=CC(F)=[C+]C=C3)nn2)C1O. The average molecular weight is 426 g/mol. The Morgan fingerprint density at radius 1 is 1.48 bits per heavy atom. The molecule has 154 valence electrons. The van der Waals surface area contributed by atoms with Crippen molar-refractivity contribution in [3.05, 3.63) is 53.6 Å². The van der Waals surface area contributed by atoms with Crippen LogP contribution in [0.1, 0.15) is 11.7 Å². The quantitative estimate of drug-likeness (QED) is 0.451. The van der Waals surface area contributed by atoms with Gasteiger partial charge in [-0.2, -0.15) is 4.39 Å². The van der Waals surface area contributed by atoms with E-state index in [2.05, 4.69) is 16.4 Å². The van der Waals surface area contributed by atoms with Crippen molar-refractivity contribution in [3.8, 4) is 0 Å². The van der Waals surface area contributed by atoms with E-state index >= 15 is 0 Å². The second-order valence-electron chi connectivity index (χ2n) is 6.47. The summed E-state index contributed by atoms with van der Waals surface area (Å²) in [6.45, 7) is -0.560. The minimum atomic E-state index is -1.42. The molecule has 0 radical (unpaired) electrons. The number of likely N-dealkylation sites (N-methyl/N-ethyl adjacent to an activating group) is 1. The van der Waals surface area contributed by atoms with Gasteiger partial charge in [0.05, 0.1) is 31.0 Å². The van der Waals surface area contributed by atoms with E-state index in [-0.39, 0.29) is 0 Å². The molecule has 1 amide bonds. The highest BCUT2D eigenvalue weighted by atomic mass is 35.5. The molecule has 5 atom stereocenters. The Balaban J connectivity index is 1.91. The molecule has 1 aliphatic carbocycles. The molecule has 1 saturated heterocycles. The van der Waals surface area contributed by atoms with Crippen molar-refractivity contribution in [2.45, 2.75) is 30.6 Å². The average Bonchev–Trinajstić information content (AvgIpc) is 3.18. The highest BCUT2D eigenvalue weighted by Gasteiger charge is 2.48. The van der Waals surface area contributed by atoms with Gasteiger partial charge in [-0.1, -0.05) is 16.8 Å². The molecule has 0 aromatic carbocycles. The van der Waals surface area contributed by atoms with Gasteiger partial charge in [-0.15, -0.1) is 5.10 Å². The van der Waals surface area contributed by atoms with E-state index in [0.717, 1.165) is 16.5 Å². The van der Waals surface area contributed by atoms with Gasteiger partial charge >= 0.3 is 0 Å². The van der Waals surface area contributed by atoms with Gasteiger partial charge in [0, 0.05) is 18.7 Å². The number of carbonyl (C=O) groups excluding carboxylic acids is 1. The molecular weight excluding hydrogens is 407 g/mol. The lowest BCUT2D eigenvalue weighted by atomic mass is 9.95. The topological polar surface area (TPSA) is 121 Å². The van der Waals surface area contributed by atoms with Crippen molar-refractivity contribution in [2.75, 3.05) is 13.7 Å². The second kappa shape index (κ2) is 8.91. The molecule has 2 heterocycles. The zero-order valence-corrected chi connectivity index (χ0v) is 16.0. The number of nitrogens with zero attached hydrogens (tertiary/aromatic N) is 4. The first-order valence-corrected chi connectivity index (χ1v) is 9.06. The largest absolute Gasteiger partial charge is 0.394 e. The molecule has 2 unspecified atom stereocenters. The number of amides is 1. The summed E-state index contributed by atoms with van der Waals surface area (Å²) >= 11 is 5.43. The summed E-state index contributed by atoms with van der Waals surface area (Å²) in [6, 6.07) is -1.09. The monoisotopic (exact) mass is 425 g/mol. The van der Waals surface area contributed by atoms with E-state index in [9.17, 15) is 24.5 Å². The lowest BCUT2D eigenvalue weighted by Gasteiger charge is -2.44. The first kappa shape index (κ1) is 21.3. The van der Waals surface area contributed by atoms with Crippen molar-refractivity contribution in [1.29, 1.82) is 0 Å². The van der Waals surface area contributed by atoms with Gasteiger partial charge in [0.15, 0.2) is 6.23 Å². The Morgan fingerprint density at radius 2 is 2.24 bits per heavy atom. The highest BCUT2D eigenvalue weighted by molar-refractivity contribution is 6.26. The summed E-state index contributed by atoms with van der Waals surface area (Å²) in [4.78, 5) is 13.2. The van der Waals surface area contributed by atoms with Crippen molar-refractivity contribution in [3.63, 3.8) is 0 Å². The van der Waals surface area contributed by atoms with E-state index in [1.165, 1.54) is 30.1 Å². The number of rotatable bonds is 5. The Labute approximate surface area is 170 Å². The van der Waals surface area contributed by atoms with E-state index < -0.39 is 48.9 Å². The predicted octanol–water partition coefficient (Wildman–Crippen LogP) is 0.0789. The minimum Gasteiger partial charge on any atom is -0.394 e. The number of hydrogen-bond acceptors (Lipinski definition) is 7. The number of halogens is 2. The smallest absolute Gasteiger partial charge is 0.285 e. The van der Waals surface area contributed by atoms with Crippen LogP contribution in [0.5, 0.6) is 0 Å². The molecule has 1 aromatic rings. The molecule has 3 rings (SSSR count). The third-order valence-corrected chi connectivity index (χ3v) is 4.81. The van der Waals surface area contributed by atoms with Crippen molar-refractivity contribution >= 4 is 23.1 Å². The zero-order chi connectivity index (χ0) is 21.1. The van der Waals surface area contributed by atoms with E-state index in [4.69, 9.17) is 16.3 Å². The van der Waals surface area contributed by atoms with Crippen LogP contribution in [-0.4, -0.2) is 79.3 Å². The van der Waals surface area contributed by atoms with Crippen LogP contribution in [0.25, 0.3) is 5.57 Å². The molecule has 0 saturated carbocycles. The molecule has 0 bridgehead atoms. The van der Waals surface area contributed by atoms with Crippen LogP contribution in [-0.2, 0) is 9.53 Å². The number of carbonyl (C=O) groups is 1. The van der Waals surface area contributed by atoms with Gasteiger partial charge in [0.25, 0.3) is 5.83 Å². The highest BCUT2D eigenvalue weighted by Crippen LogP contribution is 2.32. The molecule has 1 aromatic heterocycles. The van der Waals surface area contributed by atoms with Crippen LogP contribution in [0, 0.1) is 6.08 Å². The maximum atomic E-state index is 13.4. The fraction of sp³-hybridized carbons (Fsp3) is 0.389. The van der Waals surface area contributed by atoms with E-state index in [1.807, 2.05) is 0 Å². The molecule has 0 spiro atoms. The van der Waals surface area contributed by atoms with Gasteiger partial charge in [-0.05, 0) is 0 Å². The molecule has 3 N–H and O–H groups in total. The van der Waals surface area contributed by atoms with Crippen LogP contribution >= 0.6 is 11.6 Å². The van der Waals surface area contributed by atoms with E-state index in [1.54, 1.807) is 6.08 Å². The summed E-state index contributed by atoms with van der Waals surface area (Å²) in [7, 11) is 1.38. The fourth-order valence-corrected chi connectivity index (χ4v) is 3.27. The van der Waals surface area contributed by atoms with Gasteiger partial charge in [-0.25, -0.2) is 4.68 Å². The lowest BCUT2D eigenvalue weighted by molar-refractivity contribution is -0.240. The van der Waals surface area contributed by atoms with Crippen LogP contribution in [0.15, 0.2) is 41.9 Å². The Kier molecular flexibility index (Phi) is 6.53. The maximum absolute atomic E-state index is 13.4. The van der Waals surface area contributed by atoms with Crippen molar-refractivity contribution in [2.24, 2.45) is 0 Å². The number of allylic oxidation sites excluding steroid dienone is 6. The van der Waals surface area contributed by atoms with Crippen molar-refractivity contribution < 1.29 is 29.2 Å². The lowest BCUT2D eigenvalue weighted by Crippen LogP contribution is -2.61. The first-order valence-electron chi connectivity index (χ1n) is 8.62. The van der Waals surface area contributed by atoms with Gasteiger partial charge in [0.2, 0.25) is 5.91 Å². The third kappa shape index (κ3) is 4.27. The summed E-state index contributed by atoms with van der Waals surface area (Å²) in [5, 5.41) is 38.8. The number of aliphatic hydroxyl groups is 3. The number of aromatic nitrogens is 3. The second-order valence-corrected chi connectivity index (χ2v) is 6.72. The van der Waals surface area contributed by atoms with Crippen LogP contribution in [0.3, 0.4) is 0 Å². The maximum Gasteiger partial charge on any atom is 0.285 e. The predicted molar refractivity (Wildman–Crippen MR) is 99.6 cm³/mol.